The molecule has 0 aromatic heterocycles. The highest BCUT2D eigenvalue weighted by Crippen LogP contribution is 2.38. The van der Waals surface area contributed by atoms with E-state index in [9.17, 15) is 17.6 Å². The molecule has 2 N–H and O–H groups in total. The molecule has 0 bridgehead atoms. The summed E-state index contributed by atoms with van der Waals surface area (Å²) in [7, 11) is -3.89. The minimum absolute atomic E-state index is 0.0528. The molecular formula is C21H31FN2O5S. The van der Waals surface area contributed by atoms with E-state index in [2.05, 4.69) is 16.1 Å². The molecule has 30 heavy (non-hydrogen) atoms. The van der Waals surface area contributed by atoms with E-state index in [-0.39, 0.29) is 24.8 Å². The van der Waals surface area contributed by atoms with Gasteiger partial charge in [-0.2, -0.15) is 0 Å². The highest BCUT2D eigenvalue weighted by Gasteiger charge is 2.31. The summed E-state index contributed by atoms with van der Waals surface area (Å²) in [4.78, 5) is 10.6. The number of hydrogen-bond acceptors (Lipinski definition) is 6. The van der Waals surface area contributed by atoms with E-state index >= 15 is 0 Å². The average Bonchev–Trinajstić information content (AvgIpc) is 2.77. The second kappa shape index (κ2) is 11.2. The number of sulfonamides is 1. The molecule has 0 unspecified atom stereocenters. The van der Waals surface area contributed by atoms with Crippen molar-refractivity contribution in [3.05, 3.63) is 29.8 Å². The maximum absolute atomic E-state index is 12.7. The van der Waals surface area contributed by atoms with Crippen LogP contribution in [0.4, 0.5) is 4.39 Å². The van der Waals surface area contributed by atoms with Crippen LogP contribution in [-0.2, 0) is 19.6 Å². The third kappa shape index (κ3) is 6.47. The van der Waals surface area contributed by atoms with Gasteiger partial charge in [-0.3, -0.25) is 4.79 Å². The number of benzene rings is 1. The first-order valence-electron chi connectivity index (χ1n) is 10.6. The van der Waals surface area contributed by atoms with Crippen LogP contribution in [0.3, 0.4) is 0 Å². The van der Waals surface area contributed by atoms with Crippen LogP contribution in [0.2, 0.25) is 0 Å². The van der Waals surface area contributed by atoms with Crippen LogP contribution in [0.15, 0.2) is 24.3 Å². The third-order valence-corrected chi connectivity index (χ3v) is 6.86. The predicted molar refractivity (Wildman–Crippen MR) is 112 cm³/mol. The fourth-order valence-corrected chi connectivity index (χ4v) is 5.19. The minimum Gasteiger partial charge on any atom is -0.486 e. The molecule has 2 aliphatic rings. The van der Waals surface area contributed by atoms with Crippen molar-refractivity contribution in [2.24, 2.45) is 0 Å². The van der Waals surface area contributed by atoms with Gasteiger partial charge in [-0.15, -0.1) is 0 Å². The Morgan fingerprint density at radius 2 is 1.93 bits per heavy atom. The van der Waals surface area contributed by atoms with Crippen molar-refractivity contribution in [3.8, 4) is 5.75 Å². The molecule has 1 aliphatic heterocycles. The van der Waals surface area contributed by atoms with Gasteiger partial charge in [0.05, 0.1) is 12.7 Å². The molecule has 1 aliphatic carbocycles. The summed E-state index contributed by atoms with van der Waals surface area (Å²) in [5.41, 5.74) is 1.13. The fourth-order valence-electron chi connectivity index (χ4n) is 4.38. The summed E-state index contributed by atoms with van der Waals surface area (Å²) in [5.74, 6) is 1.13. The zero-order chi connectivity index (χ0) is 21.4. The summed E-state index contributed by atoms with van der Waals surface area (Å²) < 4.78 is 50.0. The van der Waals surface area contributed by atoms with Gasteiger partial charge in [0.15, 0.2) is 6.29 Å². The lowest BCUT2D eigenvalue weighted by Crippen LogP contribution is -2.55. The van der Waals surface area contributed by atoms with Gasteiger partial charge in [0, 0.05) is 12.1 Å². The number of hydrogen-bond donors (Lipinski definition) is 2. The van der Waals surface area contributed by atoms with E-state index in [1.165, 1.54) is 0 Å². The molecule has 1 aromatic rings. The van der Waals surface area contributed by atoms with Crippen LogP contribution < -0.4 is 14.8 Å². The van der Waals surface area contributed by atoms with Crippen molar-refractivity contribution >= 4 is 16.3 Å². The van der Waals surface area contributed by atoms with Gasteiger partial charge in [0.2, 0.25) is 16.0 Å². The topological polar surface area (TPSA) is 93.7 Å². The number of carbonyl (C=O) groups is 1. The normalized spacial score (nSPS) is 27.5. The first-order valence-corrected chi connectivity index (χ1v) is 12.2. The first-order chi connectivity index (χ1) is 14.5. The van der Waals surface area contributed by atoms with E-state index < -0.39 is 16.0 Å². The Labute approximate surface area is 177 Å². The fraction of sp³-hybridized carbons (Fsp3) is 0.667. The molecule has 1 aromatic carbocycles. The minimum atomic E-state index is -3.89. The van der Waals surface area contributed by atoms with Crippen LogP contribution in [-0.4, -0.2) is 58.7 Å². The second-order valence-corrected chi connectivity index (χ2v) is 9.66. The number of halogens is 1. The molecule has 3 rings (SSSR count). The standard InChI is InChI=1S/C21H31FN2O5S/c22-15-30(26,27)24-19-5-3-11-23-20(19)14-29-17-9-7-16(8-10-17)18-4-1-2-6-21(18)28-13-12-25/h1-2,4,6,12,16-17,19-20,23-24H,3,5,7-11,13-15H2/t16-,17+,19-,20-/m0/s1. The lowest BCUT2D eigenvalue weighted by atomic mass is 9.82. The number of carbonyl (C=O) groups excluding carboxylic acids is 1. The van der Waals surface area contributed by atoms with Gasteiger partial charge in [0.25, 0.3) is 0 Å². The van der Waals surface area contributed by atoms with Gasteiger partial charge in [-0.05, 0) is 62.6 Å². The van der Waals surface area contributed by atoms with Gasteiger partial charge in [-0.1, -0.05) is 18.2 Å². The van der Waals surface area contributed by atoms with E-state index in [0.717, 1.165) is 56.2 Å². The molecule has 0 spiro atoms. The molecule has 0 radical (unpaired) electrons. The molecule has 1 heterocycles. The lowest BCUT2D eigenvalue weighted by molar-refractivity contribution is -0.109. The van der Waals surface area contributed by atoms with Crippen molar-refractivity contribution in [1.29, 1.82) is 0 Å². The van der Waals surface area contributed by atoms with Crippen molar-refractivity contribution < 1.29 is 27.1 Å². The Hall–Kier alpha value is -1.55. The Kier molecular flexibility index (Phi) is 8.61. The van der Waals surface area contributed by atoms with Gasteiger partial charge in [-0.25, -0.2) is 17.5 Å². The quantitative estimate of drug-likeness (QED) is 0.540. The average molecular weight is 443 g/mol. The second-order valence-electron chi connectivity index (χ2n) is 7.97. The van der Waals surface area contributed by atoms with E-state index in [1.54, 1.807) is 0 Å². The van der Waals surface area contributed by atoms with E-state index in [4.69, 9.17) is 9.47 Å². The molecule has 1 saturated heterocycles. The zero-order valence-electron chi connectivity index (χ0n) is 17.1. The zero-order valence-corrected chi connectivity index (χ0v) is 17.9. The van der Waals surface area contributed by atoms with Gasteiger partial charge < -0.3 is 14.8 Å². The van der Waals surface area contributed by atoms with Crippen molar-refractivity contribution in [1.82, 2.24) is 10.0 Å². The van der Waals surface area contributed by atoms with Gasteiger partial charge in [0.1, 0.15) is 12.4 Å². The SMILES string of the molecule is O=CCOc1ccccc1[C@H]1CC[C@@H](OC[C@@H]2NCCC[C@@H]2NS(=O)(=O)CF)CC1. The Balaban J connectivity index is 1.49. The molecule has 0 amide bonds. The van der Waals surface area contributed by atoms with Crippen molar-refractivity contribution in [3.63, 3.8) is 0 Å². The molecular weight excluding hydrogens is 411 g/mol. The van der Waals surface area contributed by atoms with Crippen LogP contribution in [0.25, 0.3) is 0 Å². The van der Waals surface area contributed by atoms with Crippen molar-refractivity contribution in [2.75, 3.05) is 25.8 Å². The molecule has 2 fully saturated rings. The number of aldehydes is 1. The van der Waals surface area contributed by atoms with Crippen LogP contribution in [0, 0.1) is 0 Å². The smallest absolute Gasteiger partial charge is 0.241 e. The summed E-state index contributed by atoms with van der Waals surface area (Å²) in [5, 5.41) is 3.30. The summed E-state index contributed by atoms with van der Waals surface area (Å²) in [6, 6.07) is 5.93. The molecule has 1 saturated carbocycles. The third-order valence-electron chi connectivity index (χ3n) is 5.91. The van der Waals surface area contributed by atoms with E-state index in [1.807, 2.05) is 18.2 Å². The Morgan fingerprint density at radius 1 is 1.17 bits per heavy atom. The summed E-state index contributed by atoms with van der Waals surface area (Å²) in [6.07, 6.45) is 6.11. The highest BCUT2D eigenvalue weighted by atomic mass is 32.2. The number of para-hydroxylation sites is 1. The predicted octanol–water partition coefficient (Wildman–Crippen LogP) is 2.27. The maximum atomic E-state index is 12.7. The Morgan fingerprint density at radius 3 is 2.67 bits per heavy atom. The first kappa shape index (κ1) is 23.1. The van der Waals surface area contributed by atoms with Crippen LogP contribution in [0.5, 0.6) is 5.75 Å². The van der Waals surface area contributed by atoms with Crippen molar-refractivity contribution in [2.45, 2.75) is 62.6 Å². The number of rotatable bonds is 10. The summed E-state index contributed by atoms with van der Waals surface area (Å²) >= 11 is 0. The van der Waals surface area contributed by atoms with Crippen LogP contribution >= 0.6 is 0 Å². The van der Waals surface area contributed by atoms with Crippen LogP contribution in [0.1, 0.15) is 50.0 Å². The molecule has 168 valence electrons. The maximum Gasteiger partial charge on any atom is 0.241 e. The number of piperidine rings is 1. The lowest BCUT2D eigenvalue weighted by Gasteiger charge is -2.35. The molecule has 7 nitrogen and oxygen atoms in total. The summed E-state index contributed by atoms with van der Waals surface area (Å²) in [6.45, 7) is 1.25. The number of alkyl halides is 1. The Bertz CT molecular complexity index is 783. The monoisotopic (exact) mass is 442 g/mol. The molecule has 2 atom stereocenters. The van der Waals surface area contributed by atoms with Gasteiger partial charge >= 0.3 is 0 Å². The number of nitrogens with one attached hydrogen (secondary N) is 2. The van der Waals surface area contributed by atoms with E-state index in [0.29, 0.717) is 18.9 Å². The largest absolute Gasteiger partial charge is 0.486 e. The number of ether oxygens (including phenoxy) is 2. The highest BCUT2D eigenvalue weighted by molar-refractivity contribution is 7.89. The molecule has 9 heteroatoms.